The van der Waals surface area contributed by atoms with Crippen LogP contribution < -0.4 is 0 Å². The smallest absolute Gasteiger partial charge is 0.340 e. The van der Waals surface area contributed by atoms with E-state index in [0.29, 0.717) is 43.0 Å². The summed E-state index contributed by atoms with van der Waals surface area (Å²) in [6.07, 6.45) is 10.2. The van der Waals surface area contributed by atoms with Crippen molar-refractivity contribution in [2.75, 3.05) is 32.8 Å². The van der Waals surface area contributed by atoms with Crippen molar-refractivity contribution >= 4 is 22.9 Å². The van der Waals surface area contributed by atoms with Crippen LogP contribution >= 0.6 is 0 Å². The maximum absolute atomic E-state index is 14.5. The van der Waals surface area contributed by atoms with E-state index in [4.69, 9.17) is 4.74 Å². The predicted octanol–water partition coefficient (Wildman–Crippen LogP) is 3.68. The van der Waals surface area contributed by atoms with E-state index in [1.165, 1.54) is 18.5 Å². The average molecular weight is 571 g/mol. The maximum atomic E-state index is 14.5. The van der Waals surface area contributed by atoms with E-state index < -0.39 is 17.3 Å². The number of likely N-dealkylation sites (tertiary alicyclic amines) is 2. The van der Waals surface area contributed by atoms with Gasteiger partial charge in [0.25, 0.3) is 5.91 Å². The Morgan fingerprint density at radius 1 is 1.19 bits per heavy atom. The number of carbonyl (C=O) groups is 2. The number of amides is 1. The summed E-state index contributed by atoms with van der Waals surface area (Å²) in [5.41, 5.74) is 2.20. The van der Waals surface area contributed by atoms with Crippen molar-refractivity contribution in [3.05, 3.63) is 65.8 Å². The van der Waals surface area contributed by atoms with Crippen LogP contribution in [0.2, 0.25) is 0 Å². The van der Waals surface area contributed by atoms with E-state index in [9.17, 15) is 19.2 Å². The van der Waals surface area contributed by atoms with Gasteiger partial charge in [0.2, 0.25) is 0 Å². The highest BCUT2D eigenvalue weighted by molar-refractivity contribution is 6.06. The first-order valence-corrected chi connectivity index (χ1v) is 14.1. The van der Waals surface area contributed by atoms with Gasteiger partial charge in [-0.05, 0) is 38.8 Å². The quantitative estimate of drug-likeness (QED) is 0.333. The fraction of sp³-hybridized carbons (Fsp3) is 0.400. The molecule has 42 heavy (non-hydrogen) atoms. The minimum Gasteiger partial charge on any atom is -0.462 e. The van der Waals surface area contributed by atoms with Crippen LogP contribution in [0.1, 0.15) is 52.6 Å². The van der Waals surface area contributed by atoms with E-state index in [-0.39, 0.29) is 36.2 Å². The van der Waals surface area contributed by atoms with Gasteiger partial charge in [0.1, 0.15) is 11.2 Å². The number of aryl methyl sites for hydroxylation is 1. The Bertz CT molecular complexity index is 1690. The molecule has 0 bridgehead atoms. The van der Waals surface area contributed by atoms with Crippen molar-refractivity contribution in [1.29, 1.82) is 5.26 Å². The second-order valence-electron chi connectivity index (χ2n) is 10.9. The largest absolute Gasteiger partial charge is 0.462 e. The minimum atomic E-state index is -0.564. The Hall–Kier alpha value is -4.63. The zero-order valence-corrected chi connectivity index (χ0v) is 23.5. The lowest BCUT2D eigenvalue weighted by Crippen LogP contribution is -2.66. The summed E-state index contributed by atoms with van der Waals surface area (Å²) in [7, 11) is 0. The summed E-state index contributed by atoms with van der Waals surface area (Å²) in [6.45, 7) is 5.90. The number of aromatic nitrogens is 5. The normalized spacial score (nSPS) is 17.1. The fourth-order valence-electron chi connectivity index (χ4n) is 6.16. The number of hydrogen-bond acceptors (Lipinski definition) is 8. The topological polar surface area (TPSA) is 133 Å². The van der Waals surface area contributed by atoms with Crippen LogP contribution in [0.5, 0.6) is 0 Å². The highest BCUT2D eigenvalue weighted by atomic mass is 19.1. The molecule has 0 spiro atoms. The number of carbonyl (C=O) groups excluding carboxylic acids is 2. The first-order chi connectivity index (χ1) is 20.3. The minimum absolute atomic E-state index is 0.0599. The molecular formula is C30H31FN8O3. The van der Waals surface area contributed by atoms with Crippen molar-refractivity contribution in [3.63, 3.8) is 0 Å². The third-order valence-electron chi connectivity index (χ3n) is 8.40. The molecule has 0 aliphatic carbocycles. The Morgan fingerprint density at radius 2 is 1.98 bits per heavy atom. The van der Waals surface area contributed by atoms with Crippen LogP contribution in [0.4, 0.5) is 4.39 Å². The highest BCUT2D eigenvalue weighted by Crippen LogP contribution is 2.38. The van der Waals surface area contributed by atoms with Gasteiger partial charge in [0.15, 0.2) is 5.82 Å². The lowest BCUT2D eigenvalue weighted by molar-refractivity contribution is -0.0412. The number of ether oxygens (including phenoxy) is 1. The van der Waals surface area contributed by atoms with Crippen molar-refractivity contribution in [2.45, 2.75) is 44.7 Å². The molecule has 0 radical (unpaired) electrons. The van der Waals surface area contributed by atoms with Crippen molar-refractivity contribution < 1.29 is 18.7 Å². The number of pyridine rings is 2. The number of H-pyrrole nitrogens is 1. The van der Waals surface area contributed by atoms with Gasteiger partial charge in [-0.1, -0.05) is 0 Å². The Balaban J connectivity index is 1.18. The summed E-state index contributed by atoms with van der Waals surface area (Å²) in [4.78, 5) is 41.1. The Labute approximate surface area is 241 Å². The van der Waals surface area contributed by atoms with Crippen molar-refractivity contribution in [2.24, 2.45) is 0 Å². The van der Waals surface area contributed by atoms with Crippen LogP contribution in [-0.4, -0.2) is 85.2 Å². The zero-order valence-electron chi connectivity index (χ0n) is 23.5. The standard InChI is InChI=1S/C30H31FN8O3/c1-3-42-29(41)24-15-35-27-22(4-11-34-27)25(24)20-14-36-39(16-20)30(8-9-32)17-38(18-30)21-6-12-37(13-7-21)28(40)23-5-10-33-19(2)26(23)31/h4-5,10-11,14-16,21H,3,6-8,12-13,17-18H2,1-2H3,(H,34,35). The SMILES string of the molecule is CCOC(=O)c1cnc2[nH]ccc2c1-c1cnn(C2(CC#N)CN(C3CCN(C(=O)c4ccnc(C)c4F)CC3)C2)c1. The third kappa shape index (κ3) is 4.69. The number of aromatic amines is 1. The number of nitrogens with one attached hydrogen (secondary N) is 1. The predicted molar refractivity (Wildman–Crippen MR) is 151 cm³/mol. The molecule has 216 valence electrons. The van der Waals surface area contributed by atoms with Gasteiger partial charge in [0.05, 0.1) is 42.1 Å². The van der Waals surface area contributed by atoms with Crippen LogP contribution in [0, 0.1) is 24.1 Å². The molecule has 1 N–H and O–H groups in total. The van der Waals surface area contributed by atoms with Gasteiger partial charge in [-0.3, -0.25) is 19.4 Å². The second-order valence-corrected chi connectivity index (χ2v) is 10.9. The Kier molecular flexibility index (Phi) is 7.20. The van der Waals surface area contributed by atoms with Crippen molar-refractivity contribution in [1.82, 2.24) is 34.5 Å². The van der Waals surface area contributed by atoms with Crippen LogP contribution in [0.3, 0.4) is 0 Å². The zero-order chi connectivity index (χ0) is 29.4. The van der Waals surface area contributed by atoms with Gasteiger partial charge < -0.3 is 14.6 Å². The molecule has 11 nitrogen and oxygen atoms in total. The van der Waals surface area contributed by atoms with Gasteiger partial charge in [0, 0.05) is 73.5 Å². The van der Waals surface area contributed by atoms with Crippen LogP contribution in [0.15, 0.2) is 43.1 Å². The lowest BCUT2D eigenvalue weighted by atomic mass is 9.83. The van der Waals surface area contributed by atoms with Crippen LogP contribution in [-0.2, 0) is 10.3 Å². The monoisotopic (exact) mass is 570 g/mol. The molecule has 4 aromatic rings. The van der Waals surface area contributed by atoms with Gasteiger partial charge in [-0.2, -0.15) is 10.4 Å². The number of halogens is 1. The molecule has 12 heteroatoms. The summed E-state index contributed by atoms with van der Waals surface area (Å²) >= 11 is 0. The van der Waals surface area contributed by atoms with E-state index in [0.717, 1.165) is 23.8 Å². The van der Waals surface area contributed by atoms with Gasteiger partial charge in [-0.25, -0.2) is 14.2 Å². The number of nitriles is 1. The Morgan fingerprint density at radius 3 is 2.71 bits per heavy atom. The number of hydrogen-bond donors (Lipinski definition) is 1. The molecule has 2 aliphatic rings. The van der Waals surface area contributed by atoms with Gasteiger partial charge >= 0.3 is 5.97 Å². The molecule has 0 aromatic carbocycles. The number of esters is 1. The molecule has 2 saturated heterocycles. The number of piperidine rings is 1. The number of rotatable bonds is 7. The maximum Gasteiger partial charge on any atom is 0.340 e. The average Bonchev–Trinajstić information content (AvgIpc) is 3.66. The second kappa shape index (κ2) is 11.0. The van der Waals surface area contributed by atoms with Crippen molar-refractivity contribution in [3.8, 4) is 17.2 Å². The highest BCUT2D eigenvalue weighted by Gasteiger charge is 2.48. The molecule has 0 atom stereocenters. The first-order valence-electron chi connectivity index (χ1n) is 14.1. The molecule has 6 heterocycles. The van der Waals surface area contributed by atoms with Crippen LogP contribution in [0.25, 0.3) is 22.2 Å². The van der Waals surface area contributed by atoms with Gasteiger partial charge in [-0.15, -0.1) is 0 Å². The number of fused-ring (bicyclic) bond motifs is 1. The van der Waals surface area contributed by atoms with E-state index >= 15 is 0 Å². The van der Waals surface area contributed by atoms with E-state index in [1.807, 2.05) is 16.9 Å². The molecule has 6 rings (SSSR count). The summed E-state index contributed by atoms with van der Waals surface area (Å²) < 4.78 is 21.6. The lowest BCUT2D eigenvalue weighted by Gasteiger charge is -2.53. The first kappa shape index (κ1) is 27.5. The molecule has 0 saturated carbocycles. The third-order valence-corrected chi connectivity index (χ3v) is 8.40. The molecule has 0 unspecified atom stereocenters. The molecule has 2 aliphatic heterocycles. The van der Waals surface area contributed by atoms with E-state index in [2.05, 4.69) is 31.0 Å². The fourth-order valence-corrected chi connectivity index (χ4v) is 6.16. The molecular weight excluding hydrogens is 539 g/mol. The van der Waals surface area contributed by atoms with E-state index in [1.54, 1.807) is 31.1 Å². The molecule has 4 aromatic heterocycles. The summed E-state index contributed by atoms with van der Waals surface area (Å²) in [5, 5.41) is 15.2. The molecule has 1 amide bonds. The summed E-state index contributed by atoms with van der Waals surface area (Å²) in [5.74, 6) is -1.33. The molecule has 2 fully saturated rings. The summed E-state index contributed by atoms with van der Waals surface area (Å²) in [6, 6.07) is 5.88. The number of nitrogens with zero attached hydrogens (tertiary/aromatic N) is 7.